The molecule has 0 N–H and O–H groups in total. The summed E-state index contributed by atoms with van der Waals surface area (Å²) in [6.45, 7) is 5.67. The molecule has 3 nitrogen and oxygen atoms in total. The summed E-state index contributed by atoms with van der Waals surface area (Å²) in [6.07, 6.45) is 16.7. The third-order valence-electron chi connectivity index (χ3n) is 3.61. The Bertz CT molecular complexity index is 282. The summed E-state index contributed by atoms with van der Waals surface area (Å²) in [6, 6.07) is 0. The van der Waals surface area contributed by atoms with Crippen molar-refractivity contribution >= 4 is 5.97 Å². The summed E-state index contributed by atoms with van der Waals surface area (Å²) in [7, 11) is 1.37. The van der Waals surface area contributed by atoms with Crippen LogP contribution in [0.15, 0.2) is 12.3 Å². The van der Waals surface area contributed by atoms with Gasteiger partial charge in [-0.25, -0.2) is 4.79 Å². The summed E-state index contributed by atoms with van der Waals surface area (Å²) < 4.78 is 10.1. The molecule has 0 bridgehead atoms. The van der Waals surface area contributed by atoms with Crippen LogP contribution >= 0.6 is 0 Å². The van der Waals surface area contributed by atoms with Gasteiger partial charge in [0.05, 0.1) is 13.4 Å². The highest BCUT2D eigenvalue weighted by Crippen LogP contribution is 2.13. The maximum absolute atomic E-state index is 11.4. The smallest absolute Gasteiger partial charge is 0.349 e. The van der Waals surface area contributed by atoms with Gasteiger partial charge >= 0.3 is 5.97 Å². The zero-order chi connectivity index (χ0) is 16.0. The Morgan fingerprint density at radius 1 is 0.952 bits per heavy atom. The number of esters is 1. The number of methoxy groups -OCH3 is 1. The van der Waals surface area contributed by atoms with E-state index in [1.54, 1.807) is 20.1 Å². The molecule has 0 aromatic rings. The number of unbranched alkanes of at least 4 members (excludes halogenated alkanes) is 9. The molecule has 0 aliphatic heterocycles. The van der Waals surface area contributed by atoms with Crippen molar-refractivity contribution in [3.63, 3.8) is 0 Å². The van der Waals surface area contributed by atoms with Gasteiger partial charge in [0.2, 0.25) is 0 Å². The van der Waals surface area contributed by atoms with Crippen molar-refractivity contribution in [2.75, 3.05) is 7.11 Å². The second-order valence-corrected chi connectivity index (χ2v) is 6.11. The van der Waals surface area contributed by atoms with Gasteiger partial charge in [0, 0.05) is 0 Å². The van der Waals surface area contributed by atoms with Crippen molar-refractivity contribution in [3.8, 4) is 0 Å². The van der Waals surface area contributed by atoms with Crippen LogP contribution in [0, 0.1) is 0 Å². The highest BCUT2D eigenvalue weighted by Gasteiger charge is 2.29. The van der Waals surface area contributed by atoms with Crippen LogP contribution in [0.1, 0.15) is 85.0 Å². The summed E-state index contributed by atoms with van der Waals surface area (Å²) in [5, 5.41) is 0. The molecule has 0 heterocycles. The third kappa shape index (κ3) is 11.4. The maximum Gasteiger partial charge on any atom is 0.349 e. The fourth-order valence-electron chi connectivity index (χ4n) is 2.15. The first kappa shape index (κ1) is 20.0. The van der Waals surface area contributed by atoms with E-state index in [0.717, 1.165) is 6.42 Å². The van der Waals surface area contributed by atoms with E-state index >= 15 is 0 Å². The quantitative estimate of drug-likeness (QED) is 0.260. The predicted molar refractivity (Wildman–Crippen MR) is 88.2 cm³/mol. The van der Waals surface area contributed by atoms with E-state index in [1.165, 1.54) is 64.9 Å². The van der Waals surface area contributed by atoms with E-state index < -0.39 is 5.60 Å². The van der Waals surface area contributed by atoms with E-state index in [1.807, 2.05) is 6.08 Å². The molecule has 0 aromatic carbocycles. The summed E-state index contributed by atoms with van der Waals surface area (Å²) in [5.41, 5.74) is -0.899. The van der Waals surface area contributed by atoms with Crippen LogP contribution in [-0.2, 0) is 14.3 Å². The van der Waals surface area contributed by atoms with Gasteiger partial charge in [0.15, 0.2) is 5.60 Å². The molecule has 21 heavy (non-hydrogen) atoms. The molecular weight excluding hydrogens is 264 g/mol. The highest BCUT2D eigenvalue weighted by atomic mass is 16.6. The number of carbonyl (C=O) groups is 1. The fraction of sp³-hybridized carbons (Fsp3) is 0.833. The molecule has 0 spiro atoms. The molecule has 0 aliphatic carbocycles. The first-order chi connectivity index (χ1) is 10.0. The lowest BCUT2D eigenvalue weighted by Crippen LogP contribution is -2.34. The van der Waals surface area contributed by atoms with Gasteiger partial charge < -0.3 is 9.47 Å². The molecule has 0 rings (SSSR count). The topological polar surface area (TPSA) is 35.5 Å². The number of hydrogen-bond donors (Lipinski definition) is 0. The van der Waals surface area contributed by atoms with E-state index in [2.05, 4.69) is 11.7 Å². The van der Waals surface area contributed by atoms with Crippen molar-refractivity contribution in [1.29, 1.82) is 0 Å². The molecule has 0 saturated carbocycles. The molecule has 0 fully saturated rings. The van der Waals surface area contributed by atoms with Crippen molar-refractivity contribution in [1.82, 2.24) is 0 Å². The largest absolute Gasteiger partial charge is 0.484 e. The Morgan fingerprint density at radius 2 is 1.48 bits per heavy atom. The van der Waals surface area contributed by atoms with Crippen molar-refractivity contribution < 1.29 is 14.3 Å². The van der Waals surface area contributed by atoms with Gasteiger partial charge in [0.25, 0.3) is 0 Å². The molecule has 0 radical (unpaired) electrons. The monoisotopic (exact) mass is 298 g/mol. The third-order valence-corrected chi connectivity index (χ3v) is 3.61. The van der Waals surface area contributed by atoms with Crippen molar-refractivity contribution in [3.05, 3.63) is 12.3 Å². The van der Waals surface area contributed by atoms with Crippen LogP contribution in [0.5, 0.6) is 0 Å². The minimum Gasteiger partial charge on any atom is -0.484 e. The van der Waals surface area contributed by atoms with Gasteiger partial charge in [-0.3, -0.25) is 0 Å². The SMILES string of the molecule is CCCCCCCCCCCC=COC(C)(C)C(=O)OC. The van der Waals surface area contributed by atoms with Gasteiger partial charge in [-0.05, 0) is 32.8 Å². The van der Waals surface area contributed by atoms with E-state index in [4.69, 9.17) is 4.74 Å². The summed E-state index contributed by atoms with van der Waals surface area (Å²) >= 11 is 0. The molecular formula is C18H34O3. The molecule has 0 saturated heterocycles. The Balaban J connectivity index is 3.43. The minimum absolute atomic E-state index is 0.352. The number of carbonyl (C=O) groups excluding carboxylic acids is 1. The van der Waals surface area contributed by atoms with Gasteiger partial charge in [-0.1, -0.05) is 58.3 Å². The van der Waals surface area contributed by atoms with Gasteiger partial charge in [-0.2, -0.15) is 0 Å². The Morgan fingerprint density at radius 3 is 2.00 bits per heavy atom. The van der Waals surface area contributed by atoms with Crippen LogP contribution in [0.25, 0.3) is 0 Å². The summed E-state index contributed by atoms with van der Waals surface area (Å²) in [5.74, 6) is -0.352. The van der Waals surface area contributed by atoms with Crippen LogP contribution in [0.3, 0.4) is 0 Å². The summed E-state index contributed by atoms with van der Waals surface area (Å²) in [4.78, 5) is 11.4. The normalized spacial score (nSPS) is 11.8. The first-order valence-corrected chi connectivity index (χ1v) is 8.46. The molecule has 0 aromatic heterocycles. The van der Waals surface area contributed by atoms with Crippen LogP contribution in [0.4, 0.5) is 0 Å². The van der Waals surface area contributed by atoms with Crippen molar-refractivity contribution in [2.45, 2.75) is 90.6 Å². The number of rotatable bonds is 13. The molecule has 3 heteroatoms. The average Bonchev–Trinajstić information content (AvgIpc) is 2.47. The molecule has 0 amide bonds. The number of hydrogen-bond acceptors (Lipinski definition) is 3. The molecule has 124 valence electrons. The zero-order valence-electron chi connectivity index (χ0n) is 14.5. The second-order valence-electron chi connectivity index (χ2n) is 6.11. The Kier molecular flexibility index (Phi) is 12.1. The molecule has 0 atom stereocenters. The van der Waals surface area contributed by atoms with Crippen LogP contribution < -0.4 is 0 Å². The van der Waals surface area contributed by atoms with E-state index in [0.29, 0.717) is 0 Å². The predicted octanol–water partition coefficient (Wildman–Crippen LogP) is 5.39. The zero-order valence-corrected chi connectivity index (χ0v) is 14.5. The average molecular weight is 298 g/mol. The standard InChI is InChI=1S/C18H34O3/c1-5-6-7-8-9-10-11-12-13-14-15-16-21-18(2,3)17(19)20-4/h15-16H,5-14H2,1-4H3. The maximum atomic E-state index is 11.4. The molecule has 0 unspecified atom stereocenters. The van der Waals surface area contributed by atoms with Gasteiger partial charge in [0.1, 0.15) is 0 Å². The fourth-order valence-corrected chi connectivity index (χ4v) is 2.15. The molecule has 0 aliphatic rings. The lowest BCUT2D eigenvalue weighted by atomic mass is 10.1. The van der Waals surface area contributed by atoms with Crippen LogP contribution in [0.2, 0.25) is 0 Å². The lowest BCUT2D eigenvalue weighted by Gasteiger charge is -2.20. The van der Waals surface area contributed by atoms with Crippen molar-refractivity contribution in [2.24, 2.45) is 0 Å². The minimum atomic E-state index is -0.899. The highest BCUT2D eigenvalue weighted by molar-refractivity contribution is 5.78. The van der Waals surface area contributed by atoms with E-state index in [9.17, 15) is 4.79 Å². The Labute approximate surface area is 131 Å². The first-order valence-electron chi connectivity index (χ1n) is 8.46. The lowest BCUT2D eigenvalue weighted by molar-refractivity contribution is -0.159. The number of allylic oxidation sites excluding steroid dienone is 1. The number of ether oxygens (including phenoxy) is 2. The van der Waals surface area contributed by atoms with E-state index in [-0.39, 0.29) is 5.97 Å². The Hall–Kier alpha value is -0.990. The van der Waals surface area contributed by atoms with Gasteiger partial charge in [-0.15, -0.1) is 0 Å². The van der Waals surface area contributed by atoms with Crippen LogP contribution in [-0.4, -0.2) is 18.7 Å². The second kappa shape index (κ2) is 12.7.